The van der Waals surface area contributed by atoms with E-state index in [1.165, 1.54) is 0 Å². The predicted octanol–water partition coefficient (Wildman–Crippen LogP) is 0.390. The van der Waals surface area contributed by atoms with Gasteiger partial charge in [0, 0.05) is 5.75 Å². The van der Waals surface area contributed by atoms with Crippen molar-refractivity contribution in [2.45, 2.75) is 6.04 Å². The van der Waals surface area contributed by atoms with E-state index in [1.54, 1.807) is 7.05 Å². The third-order valence-electron chi connectivity index (χ3n) is 0.829. The zero-order valence-corrected chi connectivity index (χ0v) is 6.30. The van der Waals surface area contributed by atoms with E-state index in [1.807, 2.05) is 0 Å². The van der Waals surface area contributed by atoms with Gasteiger partial charge < -0.3 is 10.4 Å². The lowest BCUT2D eigenvalue weighted by atomic mass is 10.4. The van der Waals surface area contributed by atoms with Gasteiger partial charge in [-0.1, -0.05) is 0 Å². The Hall–Kier alpha value is 0.200. The average Bonchev–Trinajstić information content (AvgIpc) is 1.69. The van der Waals surface area contributed by atoms with Gasteiger partial charge in [0.05, 0.1) is 6.04 Å². The van der Waals surface area contributed by atoms with Crippen LogP contribution in [0, 0.1) is 0 Å². The number of rotatable bonds is 3. The molecular weight excluding hydrogens is 142 g/mol. The van der Waals surface area contributed by atoms with Crippen molar-refractivity contribution in [3.63, 3.8) is 0 Å². The first-order valence-electron chi connectivity index (χ1n) is 2.23. The minimum absolute atomic E-state index is 0.0255. The quantitative estimate of drug-likeness (QED) is 0.403. The molecular formula is C4H9NOS2. The fourth-order valence-corrected chi connectivity index (χ4v) is 0.973. The van der Waals surface area contributed by atoms with Gasteiger partial charge in [0.2, 0.25) is 0 Å². The average molecular weight is 151 g/mol. The van der Waals surface area contributed by atoms with Crippen LogP contribution in [0.4, 0.5) is 0 Å². The maximum absolute atomic E-state index is 8.63. The molecule has 1 atom stereocenters. The van der Waals surface area contributed by atoms with Crippen LogP contribution in [-0.4, -0.2) is 29.0 Å². The van der Waals surface area contributed by atoms with Crippen LogP contribution in [0.2, 0.25) is 0 Å². The Kier molecular flexibility index (Phi) is 4.22. The Bertz CT molecular complexity index is 82.1. The van der Waals surface area contributed by atoms with E-state index in [4.69, 9.17) is 5.11 Å². The third kappa shape index (κ3) is 2.49. The Balaban J connectivity index is 3.52. The largest absolute Gasteiger partial charge is 0.501 e. The van der Waals surface area contributed by atoms with Crippen LogP contribution >= 0.6 is 24.8 Å². The summed E-state index contributed by atoms with van der Waals surface area (Å²) < 4.78 is 0. The highest BCUT2D eigenvalue weighted by Gasteiger charge is 2.05. The second-order valence-electron chi connectivity index (χ2n) is 1.36. The molecule has 0 fully saturated rings. The monoisotopic (exact) mass is 151 g/mol. The number of hydrogen-bond acceptors (Lipinski definition) is 3. The molecule has 0 rings (SSSR count). The van der Waals surface area contributed by atoms with Crippen LogP contribution in [0.25, 0.3) is 0 Å². The van der Waals surface area contributed by atoms with Gasteiger partial charge in [0.15, 0.2) is 5.05 Å². The number of likely N-dealkylation sites (N-methyl/N-ethyl adjacent to an activating group) is 1. The molecule has 0 aromatic heterocycles. The van der Waals surface area contributed by atoms with Crippen molar-refractivity contribution in [2.75, 3.05) is 12.8 Å². The SMILES string of the molecule is CN[C@@H](CS)C(O)=S. The smallest absolute Gasteiger partial charge is 0.174 e. The summed E-state index contributed by atoms with van der Waals surface area (Å²) in [5.41, 5.74) is 0. The van der Waals surface area contributed by atoms with Crippen molar-refractivity contribution in [1.29, 1.82) is 0 Å². The summed E-state index contributed by atoms with van der Waals surface area (Å²) in [6.45, 7) is 0. The van der Waals surface area contributed by atoms with E-state index in [0.717, 1.165) is 0 Å². The van der Waals surface area contributed by atoms with E-state index in [-0.39, 0.29) is 11.1 Å². The summed E-state index contributed by atoms with van der Waals surface area (Å²) >= 11 is 8.38. The highest BCUT2D eigenvalue weighted by atomic mass is 32.1. The molecule has 0 aliphatic rings. The lowest BCUT2D eigenvalue weighted by Crippen LogP contribution is -2.34. The van der Waals surface area contributed by atoms with E-state index >= 15 is 0 Å². The topological polar surface area (TPSA) is 32.3 Å². The van der Waals surface area contributed by atoms with E-state index in [0.29, 0.717) is 5.75 Å². The third-order valence-corrected chi connectivity index (χ3v) is 1.48. The number of thiocarbonyl (C=S) groups is 1. The zero-order chi connectivity index (χ0) is 6.57. The molecule has 0 heterocycles. The summed E-state index contributed by atoms with van der Waals surface area (Å²) in [6, 6.07) is -0.145. The van der Waals surface area contributed by atoms with Gasteiger partial charge in [-0.3, -0.25) is 0 Å². The number of thiol groups is 1. The first-order chi connectivity index (χ1) is 3.72. The maximum Gasteiger partial charge on any atom is 0.174 e. The van der Waals surface area contributed by atoms with Gasteiger partial charge >= 0.3 is 0 Å². The summed E-state index contributed by atoms with van der Waals surface area (Å²) in [5, 5.41) is 11.4. The van der Waals surface area contributed by atoms with Crippen molar-refractivity contribution in [3.05, 3.63) is 0 Å². The number of hydrogen-bond donors (Lipinski definition) is 3. The van der Waals surface area contributed by atoms with Crippen molar-refractivity contribution < 1.29 is 5.11 Å². The molecule has 48 valence electrons. The summed E-state index contributed by atoms with van der Waals surface area (Å²) in [6.07, 6.45) is 0. The van der Waals surface area contributed by atoms with Crippen molar-refractivity contribution in [3.8, 4) is 0 Å². The normalized spacial score (nSPS) is 13.2. The van der Waals surface area contributed by atoms with Crippen LogP contribution in [0.15, 0.2) is 0 Å². The Morgan fingerprint density at radius 2 is 2.50 bits per heavy atom. The molecule has 0 unspecified atom stereocenters. The molecule has 0 saturated carbocycles. The molecule has 0 aliphatic carbocycles. The lowest BCUT2D eigenvalue weighted by molar-refractivity contribution is 0.522. The van der Waals surface area contributed by atoms with Gasteiger partial charge in [0.25, 0.3) is 0 Å². The van der Waals surface area contributed by atoms with Gasteiger partial charge in [-0.25, -0.2) is 0 Å². The van der Waals surface area contributed by atoms with Crippen molar-refractivity contribution in [2.24, 2.45) is 0 Å². The Labute approximate surface area is 59.7 Å². The van der Waals surface area contributed by atoms with Gasteiger partial charge in [-0.15, -0.1) is 0 Å². The van der Waals surface area contributed by atoms with Crippen LogP contribution in [-0.2, 0) is 0 Å². The first kappa shape index (κ1) is 8.20. The van der Waals surface area contributed by atoms with Crippen molar-refractivity contribution >= 4 is 29.9 Å². The second kappa shape index (κ2) is 4.12. The van der Waals surface area contributed by atoms with E-state index < -0.39 is 0 Å². The maximum atomic E-state index is 8.63. The molecule has 0 aromatic carbocycles. The molecule has 2 nitrogen and oxygen atoms in total. The van der Waals surface area contributed by atoms with E-state index in [2.05, 4.69) is 30.2 Å². The minimum atomic E-state index is -0.145. The molecule has 0 radical (unpaired) electrons. The highest BCUT2D eigenvalue weighted by molar-refractivity contribution is 7.81. The molecule has 2 N–H and O–H groups in total. The van der Waals surface area contributed by atoms with Crippen LogP contribution < -0.4 is 5.32 Å². The molecule has 0 aliphatic heterocycles. The number of aliphatic hydroxyl groups is 1. The van der Waals surface area contributed by atoms with Crippen molar-refractivity contribution in [1.82, 2.24) is 5.32 Å². The zero-order valence-electron chi connectivity index (χ0n) is 4.59. The molecule has 0 aromatic rings. The van der Waals surface area contributed by atoms with Crippen LogP contribution in [0.3, 0.4) is 0 Å². The standard InChI is InChI=1S/C4H9NOS2/c1-5-3(2-7)4(6)8/h3,5,7H,2H2,1H3,(H,6,8)/t3-/m0/s1. The van der Waals surface area contributed by atoms with E-state index in [9.17, 15) is 0 Å². The molecule has 0 bridgehead atoms. The fourth-order valence-electron chi connectivity index (χ4n) is 0.293. The van der Waals surface area contributed by atoms with Gasteiger partial charge in [0.1, 0.15) is 0 Å². The summed E-state index contributed by atoms with van der Waals surface area (Å²) in [5.74, 6) is 0.534. The number of aliphatic hydroxyl groups excluding tert-OH is 1. The molecule has 0 amide bonds. The second-order valence-corrected chi connectivity index (χ2v) is 2.15. The van der Waals surface area contributed by atoms with Gasteiger partial charge in [-0.05, 0) is 19.3 Å². The number of nitrogens with one attached hydrogen (secondary N) is 1. The molecule has 0 spiro atoms. The molecule has 0 saturated heterocycles. The molecule has 4 heteroatoms. The highest BCUT2D eigenvalue weighted by Crippen LogP contribution is 1.87. The Morgan fingerprint density at radius 1 is 2.00 bits per heavy atom. The van der Waals surface area contributed by atoms with Gasteiger partial charge in [-0.2, -0.15) is 12.6 Å². The molecule has 8 heavy (non-hydrogen) atoms. The summed E-state index contributed by atoms with van der Waals surface area (Å²) in [4.78, 5) is 0. The van der Waals surface area contributed by atoms with Crippen LogP contribution in [0.5, 0.6) is 0 Å². The van der Waals surface area contributed by atoms with Crippen LogP contribution in [0.1, 0.15) is 0 Å². The fraction of sp³-hybridized carbons (Fsp3) is 0.750. The summed E-state index contributed by atoms with van der Waals surface area (Å²) in [7, 11) is 1.73. The lowest BCUT2D eigenvalue weighted by Gasteiger charge is -2.07. The minimum Gasteiger partial charge on any atom is -0.501 e. The Morgan fingerprint density at radius 3 is 2.50 bits per heavy atom. The predicted molar refractivity (Wildman–Crippen MR) is 41.9 cm³/mol. The first-order valence-corrected chi connectivity index (χ1v) is 3.27.